The highest BCUT2D eigenvalue weighted by Gasteiger charge is 2.39. The van der Waals surface area contributed by atoms with Crippen molar-refractivity contribution in [2.24, 2.45) is 0 Å². The molecule has 1 fully saturated rings. The molecule has 0 amide bonds. The van der Waals surface area contributed by atoms with Crippen molar-refractivity contribution in [3.05, 3.63) is 28.7 Å². The van der Waals surface area contributed by atoms with Crippen LogP contribution in [0.15, 0.2) is 33.6 Å². The van der Waals surface area contributed by atoms with Crippen LogP contribution >= 0.6 is 15.9 Å². The van der Waals surface area contributed by atoms with E-state index in [9.17, 15) is 13.5 Å². The molecule has 106 valence electrons. The maximum absolute atomic E-state index is 12.1. The smallest absolute Gasteiger partial charge is 0.179 e. The van der Waals surface area contributed by atoms with Gasteiger partial charge in [-0.3, -0.25) is 4.90 Å². The van der Waals surface area contributed by atoms with Crippen LogP contribution in [-0.4, -0.2) is 49.4 Å². The van der Waals surface area contributed by atoms with E-state index >= 15 is 0 Å². The molecule has 0 radical (unpaired) electrons. The Morgan fingerprint density at radius 2 is 1.89 bits per heavy atom. The molecule has 19 heavy (non-hydrogen) atoms. The zero-order valence-electron chi connectivity index (χ0n) is 10.8. The molecule has 1 saturated heterocycles. The van der Waals surface area contributed by atoms with Gasteiger partial charge in [0.25, 0.3) is 0 Å². The van der Waals surface area contributed by atoms with Crippen molar-refractivity contribution in [2.75, 3.05) is 25.4 Å². The molecule has 0 unspecified atom stereocenters. The second kappa shape index (κ2) is 5.52. The van der Waals surface area contributed by atoms with Crippen molar-refractivity contribution in [1.29, 1.82) is 0 Å². The number of rotatable bonds is 5. The van der Waals surface area contributed by atoms with Gasteiger partial charge in [-0.1, -0.05) is 22.9 Å². The highest BCUT2D eigenvalue weighted by atomic mass is 79.9. The number of halogens is 1. The highest BCUT2D eigenvalue weighted by Crippen LogP contribution is 2.24. The van der Waals surface area contributed by atoms with Crippen LogP contribution in [0.1, 0.15) is 13.3 Å². The van der Waals surface area contributed by atoms with E-state index in [0.717, 1.165) is 4.47 Å². The summed E-state index contributed by atoms with van der Waals surface area (Å²) in [6.45, 7) is 3.55. The first kappa shape index (κ1) is 15.0. The summed E-state index contributed by atoms with van der Waals surface area (Å²) in [4.78, 5) is 2.32. The minimum absolute atomic E-state index is 0.0917. The number of β-amino-alcohol motifs (C(OH)–C–C–N with tert-alkyl or cyclic N) is 1. The Bertz CT molecular complexity index is 536. The maximum Gasteiger partial charge on any atom is 0.179 e. The molecular formula is C13H18BrNO3S. The van der Waals surface area contributed by atoms with Gasteiger partial charge in [0.1, 0.15) is 0 Å². The minimum atomic E-state index is -3.24. The molecule has 0 aliphatic carbocycles. The zero-order valence-corrected chi connectivity index (χ0v) is 13.2. The molecule has 1 aromatic rings. The van der Waals surface area contributed by atoms with Crippen LogP contribution in [0.2, 0.25) is 0 Å². The summed E-state index contributed by atoms with van der Waals surface area (Å²) in [6.07, 6.45) is 0.711. The van der Waals surface area contributed by atoms with E-state index < -0.39 is 15.4 Å². The number of nitrogens with zero attached hydrogens (tertiary/aromatic N) is 1. The normalized spacial score (nSPS) is 19.1. The van der Waals surface area contributed by atoms with Crippen molar-refractivity contribution in [3.8, 4) is 0 Å². The average Bonchev–Trinajstić information content (AvgIpc) is 2.34. The van der Waals surface area contributed by atoms with Crippen LogP contribution in [0.5, 0.6) is 0 Å². The summed E-state index contributed by atoms with van der Waals surface area (Å²) in [5, 5.41) is 9.87. The third-order valence-electron chi connectivity index (χ3n) is 3.54. The topological polar surface area (TPSA) is 57.6 Å². The minimum Gasteiger partial charge on any atom is -0.387 e. The summed E-state index contributed by atoms with van der Waals surface area (Å²) >= 11 is 3.28. The molecule has 6 heteroatoms. The molecule has 1 aliphatic rings. The van der Waals surface area contributed by atoms with E-state index in [2.05, 4.69) is 15.9 Å². The molecule has 0 atom stereocenters. The molecule has 1 aromatic carbocycles. The predicted molar refractivity (Wildman–Crippen MR) is 77.9 cm³/mol. The number of hydrogen-bond donors (Lipinski definition) is 1. The lowest BCUT2D eigenvalue weighted by molar-refractivity contribution is -0.0966. The van der Waals surface area contributed by atoms with E-state index in [-0.39, 0.29) is 5.75 Å². The van der Waals surface area contributed by atoms with Crippen molar-refractivity contribution >= 4 is 25.8 Å². The fraction of sp³-hybridized carbons (Fsp3) is 0.538. The van der Waals surface area contributed by atoms with Crippen LogP contribution in [0, 0.1) is 0 Å². The Morgan fingerprint density at radius 1 is 1.32 bits per heavy atom. The van der Waals surface area contributed by atoms with Crippen LogP contribution in [0.25, 0.3) is 0 Å². The second-order valence-electron chi connectivity index (χ2n) is 5.06. The van der Waals surface area contributed by atoms with Crippen molar-refractivity contribution in [3.63, 3.8) is 0 Å². The second-order valence-corrected chi connectivity index (χ2v) is 8.09. The number of likely N-dealkylation sites (tertiary alicyclic amines) is 1. The standard InChI is InChI=1S/C13H18BrNO3S/c1-2-13(16)9-15(10-13)7-8-19(17,18)12-5-3-11(14)4-6-12/h3-6,16H,2,7-10H2,1H3. The largest absolute Gasteiger partial charge is 0.387 e. The van der Waals surface area contributed by atoms with Crippen molar-refractivity contribution < 1.29 is 13.5 Å². The van der Waals surface area contributed by atoms with Gasteiger partial charge in [0, 0.05) is 24.1 Å². The van der Waals surface area contributed by atoms with E-state index in [1.54, 1.807) is 24.3 Å². The van der Waals surface area contributed by atoms with Gasteiger partial charge in [0.15, 0.2) is 9.84 Å². The Kier molecular flexibility index (Phi) is 4.35. The summed E-state index contributed by atoms with van der Waals surface area (Å²) in [7, 11) is -3.24. The van der Waals surface area contributed by atoms with Crippen LogP contribution in [0.4, 0.5) is 0 Å². The number of benzene rings is 1. The van der Waals surface area contributed by atoms with E-state index in [1.807, 2.05) is 11.8 Å². The van der Waals surface area contributed by atoms with Crippen LogP contribution in [0.3, 0.4) is 0 Å². The Balaban J connectivity index is 1.91. The first-order valence-corrected chi connectivity index (χ1v) is 8.72. The molecule has 1 aliphatic heterocycles. The molecule has 1 heterocycles. The van der Waals surface area contributed by atoms with Gasteiger partial charge in [-0.05, 0) is 30.7 Å². The Hall–Kier alpha value is -0.430. The predicted octanol–water partition coefficient (Wildman–Crippen LogP) is 1.68. The van der Waals surface area contributed by atoms with Crippen molar-refractivity contribution in [1.82, 2.24) is 4.90 Å². The zero-order chi connectivity index (χ0) is 14.1. The lowest BCUT2D eigenvalue weighted by Crippen LogP contribution is -2.61. The summed E-state index contributed by atoms with van der Waals surface area (Å²) < 4.78 is 25.1. The Labute approximate surface area is 122 Å². The van der Waals surface area contributed by atoms with E-state index in [4.69, 9.17) is 0 Å². The molecule has 0 aromatic heterocycles. The monoisotopic (exact) mass is 347 g/mol. The maximum atomic E-state index is 12.1. The van der Waals surface area contributed by atoms with E-state index in [0.29, 0.717) is 31.0 Å². The fourth-order valence-electron chi connectivity index (χ4n) is 2.18. The van der Waals surface area contributed by atoms with Gasteiger partial charge in [-0.15, -0.1) is 0 Å². The molecule has 0 bridgehead atoms. The van der Waals surface area contributed by atoms with Gasteiger partial charge in [0.05, 0.1) is 16.2 Å². The molecule has 0 spiro atoms. The lowest BCUT2D eigenvalue weighted by Gasteiger charge is -2.46. The van der Waals surface area contributed by atoms with Gasteiger partial charge in [-0.25, -0.2) is 8.42 Å². The number of hydrogen-bond acceptors (Lipinski definition) is 4. The van der Waals surface area contributed by atoms with Crippen LogP contribution < -0.4 is 0 Å². The van der Waals surface area contributed by atoms with E-state index in [1.165, 1.54) is 0 Å². The number of aliphatic hydroxyl groups is 1. The molecule has 2 rings (SSSR count). The third kappa shape index (κ3) is 3.56. The Morgan fingerprint density at radius 3 is 2.42 bits per heavy atom. The quantitative estimate of drug-likeness (QED) is 0.880. The molecular weight excluding hydrogens is 330 g/mol. The van der Waals surface area contributed by atoms with Gasteiger partial charge in [0.2, 0.25) is 0 Å². The highest BCUT2D eigenvalue weighted by molar-refractivity contribution is 9.10. The third-order valence-corrected chi connectivity index (χ3v) is 5.78. The first-order chi connectivity index (χ1) is 8.85. The fourth-order valence-corrected chi connectivity index (χ4v) is 3.73. The molecule has 0 saturated carbocycles. The average molecular weight is 348 g/mol. The lowest BCUT2D eigenvalue weighted by atomic mass is 9.92. The SMILES string of the molecule is CCC1(O)CN(CCS(=O)(=O)c2ccc(Br)cc2)C1. The summed E-state index contributed by atoms with van der Waals surface area (Å²) in [6, 6.07) is 6.68. The van der Waals surface area contributed by atoms with Gasteiger partial charge >= 0.3 is 0 Å². The summed E-state index contributed by atoms with van der Waals surface area (Å²) in [5.74, 6) is 0.0917. The molecule has 1 N–H and O–H groups in total. The van der Waals surface area contributed by atoms with Crippen molar-refractivity contribution in [2.45, 2.75) is 23.8 Å². The van der Waals surface area contributed by atoms with Crippen LogP contribution in [-0.2, 0) is 9.84 Å². The van der Waals surface area contributed by atoms with Gasteiger partial charge < -0.3 is 5.11 Å². The summed E-state index contributed by atoms with van der Waals surface area (Å²) in [5.41, 5.74) is -0.610. The first-order valence-electron chi connectivity index (χ1n) is 6.28. The van der Waals surface area contributed by atoms with Gasteiger partial charge in [-0.2, -0.15) is 0 Å². The molecule has 4 nitrogen and oxygen atoms in total. The number of sulfone groups is 1.